The number of aromatic nitrogens is 2. The third kappa shape index (κ3) is 3.15. The van der Waals surface area contributed by atoms with Crippen molar-refractivity contribution in [1.82, 2.24) is 4.98 Å². The van der Waals surface area contributed by atoms with Gasteiger partial charge in [-0.1, -0.05) is 18.2 Å². The molecule has 1 aromatic heterocycles. The number of nitrogens with zero attached hydrogens (tertiary/aromatic N) is 2. The first-order valence-corrected chi connectivity index (χ1v) is 6.94. The normalized spacial score (nSPS) is 9.95. The number of hydrogen-bond acceptors (Lipinski definition) is 4. The van der Waals surface area contributed by atoms with Crippen molar-refractivity contribution in [3.63, 3.8) is 0 Å². The van der Waals surface area contributed by atoms with E-state index in [1.54, 1.807) is 7.11 Å². The highest BCUT2D eigenvalue weighted by Gasteiger charge is 2.22. The Morgan fingerprint density at radius 1 is 1.05 bits per heavy atom. The molecule has 0 aliphatic heterocycles. The average molecular weight is 321 g/mol. The summed E-state index contributed by atoms with van der Waals surface area (Å²) >= 11 is 1.42. The van der Waals surface area contributed by atoms with Gasteiger partial charge in [-0.05, 0) is 41.4 Å². The Hall–Kier alpha value is -2.11. The molecule has 0 saturated heterocycles. The molecule has 0 fully saturated rings. The van der Waals surface area contributed by atoms with Gasteiger partial charge in [0.25, 0.3) is 0 Å². The first-order valence-electron chi connectivity index (χ1n) is 6.16. The Bertz CT molecular complexity index is 714. The molecule has 3 aromatic rings. The number of hydrogen-bond donors (Lipinski definition) is 1. The number of nitrogen functional groups attached to an aromatic ring is 1. The second-order valence-electron chi connectivity index (χ2n) is 4.22. The molecule has 4 nitrogen and oxygen atoms in total. The maximum Gasteiger partial charge on any atom is 0.350 e. The number of ether oxygens (including phenoxy) is 1. The second-order valence-corrected chi connectivity index (χ2v) is 5.19. The first-order chi connectivity index (χ1) is 9.78. The van der Waals surface area contributed by atoms with Gasteiger partial charge in [0, 0.05) is 0 Å². The Kier molecular flexibility index (Phi) is 4.77. The molecule has 108 valence electrons. The van der Waals surface area contributed by atoms with Crippen LogP contribution < -0.4 is 14.4 Å². The molecule has 2 N–H and O–H groups in total. The molecule has 3 rings (SSSR count). The number of para-hydroxylation sites is 1. The molecule has 0 amide bonds. The third-order valence-electron chi connectivity index (χ3n) is 2.93. The van der Waals surface area contributed by atoms with Gasteiger partial charge < -0.3 is 10.5 Å². The number of benzene rings is 2. The van der Waals surface area contributed by atoms with E-state index in [9.17, 15) is 0 Å². The van der Waals surface area contributed by atoms with Gasteiger partial charge in [0.05, 0.1) is 12.7 Å². The highest BCUT2D eigenvalue weighted by atomic mass is 35.5. The summed E-state index contributed by atoms with van der Waals surface area (Å²) < 4.78 is 7.20. The van der Waals surface area contributed by atoms with Gasteiger partial charge in [-0.2, -0.15) is 0 Å². The third-order valence-corrected chi connectivity index (χ3v) is 3.78. The predicted molar refractivity (Wildman–Crippen MR) is 87.3 cm³/mol. The van der Waals surface area contributed by atoms with E-state index in [1.807, 2.05) is 58.6 Å². The lowest BCUT2D eigenvalue weighted by atomic mass is 10.2. The van der Waals surface area contributed by atoms with Crippen LogP contribution in [0.15, 0.2) is 54.6 Å². The van der Waals surface area contributed by atoms with Crippen molar-refractivity contribution in [3.05, 3.63) is 54.6 Å². The van der Waals surface area contributed by atoms with Gasteiger partial charge in [0.15, 0.2) is 0 Å². The zero-order chi connectivity index (χ0) is 13.9. The largest absolute Gasteiger partial charge is 0.497 e. The summed E-state index contributed by atoms with van der Waals surface area (Å²) in [4.78, 5) is 4.43. The fourth-order valence-corrected chi connectivity index (χ4v) is 2.74. The van der Waals surface area contributed by atoms with Crippen LogP contribution in [0, 0.1) is 0 Å². The van der Waals surface area contributed by atoms with E-state index in [4.69, 9.17) is 10.5 Å². The van der Waals surface area contributed by atoms with Crippen molar-refractivity contribution in [2.75, 3.05) is 12.8 Å². The number of nitrogens with two attached hydrogens (primary N) is 1. The van der Waals surface area contributed by atoms with Crippen molar-refractivity contribution in [2.24, 2.45) is 0 Å². The zero-order valence-electron chi connectivity index (χ0n) is 11.4. The molecule has 1 heterocycles. The average Bonchev–Trinajstić information content (AvgIpc) is 2.90. The predicted octanol–water partition coefficient (Wildman–Crippen LogP) is 3.10. The lowest BCUT2D eigenvalue weighted by Crippen LogP contribution is -2.27. The van der Waals surface area contributed by atoms with Gasteiger partial charge in [-0.15, -0.1) is 16.4 Å². The zero-order valence-corrected chi connectivity index (χ0v) is 13.0. The van der Waals surface area contributed by atoms with Crippen LogP contribution in [0.3, 0.4) is 0 Å². The van der Waals surface area contributed by atoms with E-state index in [1.165, 1.54) is 11.5 Å². The molecule has 2 aromatic carbocycles. The molecule has 0 atom stereocenters. The smallest absolute Gasteiger partial charge is 0.350 e. The molecule has 6 heteroatoms. The maximum absolute atomic E-state index is 5.87. The van der Waals surface area contributed by atoms with E-state index in [2.05, 4.69) is 4.98 Å². The molecule has 0 aliphatic rings. The number of halogens is 1. The molecule has 0 aliphatic carbocycles. The summed E-state index contributed by atoms with van der Waals surface area (Å²) in [5.41, 5.74) is 7.92. The van der Waals surface area contributed by atoms with Crippen LogP contribution in [-0.4, -0.2) is 12.1 Å². The van der Waals surface area contributed by atoms with Crippen molar-refractivity contribution in [1.29, 1.82) is 0 Å². The molecule has 0 unspecified atom stereocenters. The fourth-order valence-electron chi connectivity index (χ4n) is 1.97. The van der Waals surface area contributed by atoms with E-state index >= 15 is 0 Å². The Labute approximate surface area is 133 Å². The van der Waals surface area contributed by atoms with E-state index in [0.717, 1.165) is 22.8 Å². The lowest BCUT2D eigenvalue weighted by molar-refractivity contribution is -0.509. The number of methoxy groups -OCH3 is 1. The summed E-state index contributed by atoms with van der Waals surface area (Å²) in [6.45, 7) is 0. The van der Waals surface area contributed by atoms with E-state index < -0.39 is 0 Å². The van der Waals surface area contributed by atoms with Gasteiger partial charge in [-0.3, -0.25) is 0 Å². The van der Waals surface area contributed by atoms with Gasteiger partial charge >= 0.3 is 11.0 Å². The standard InChI is InChI=1S/C15H13N3OS.ClH/c1-19-13-9-7-11(8-10-13)14-17-15(16)20-18(14)12-5-3-2-4-6-12;/h2-10,16H,1H3;1H/p+1. The summed E-state index contributed by atoms with van der Waals surface area (Å²) in [6, 6.07) is 17.8. The van der Waals surface area contributed by atoms with Crippen molar-refractivity contribution in [2.45, 2.75) is 0 Å². The van der Waals surface area contributed by atoms with Crippen LogP contribution in [0.25, 0.3) is 17.1 Å². The van der Waals surface area contributed by atoms with Gasteiger partial charge in [-0.25, -0.2) is 0 Å². The van der Waals surface area contributed by atoms with Crippen LogP contribution in [0.5, 0.6) is 5.75 Å². The fraction of sp³-hybridized carbons (Fsp3) is 0.0667. The minimum Gasteiger partial charge on any atom is -0.497 e. The van der Waals surface area contributed by atoms with Crippen molar-refractivity contribution >= 4 is 29.1 Å². The van der Waals surface area contributed by atoms with E-state index in [0.29, 0.717) is 5.13 Å². The van der Waals surface area contributed by atoms with Gasteiger partial charge in [0.1, 0.15) is 23.0 Å². The summed E-state index contributed by atoms with van der Waals surface area (Å²) in [5, 5.41) is 0.541. The highest BCUT2D eigenvalue weighted by Crippen LogP contribution is 2.22. The maximum atomic E-state index is 5.87. The van der Waals surface area contributed by atoms with Crippen LogP contribution >= 0.6 is 23.9 Å². The van der Waals surface area contributed by atoms with Crippen molar-refractivity contribution in [3.8, 4) is 22.8 Å². The monoisotopic (exact) mass is 320 g/mol. The molecule has 0 radical (unpaired) electrons. The van der Waals surface area contributed by atoms with E-state index in [-0.39, 0.29) is 12.4 Å². The molecular weight excluding hydrogens is 306 g/mol. The summed E-state index contributed by atoms with van der Waals surface area (Å²) in [7, 11) is 1.65. The SMILES string of the molecule is COc1ccc(-c2nc(N)s[n+]2-c2ccccc2)cc1.Cl. The Morgan fingerprint density at radius 3 is 2.33 bits per heavy atom. The number of rotatable bonds is 3. The van der Waals surface area contributed by atoms with Crippen LogP contribution in [0.1, 0.15) is 0 Å². The minimum absolute atomic E-state index is 0. The summed E-state index contributed by atoms with van der Waals surface area (Å²) in [5.74, 6) is 1.66. The topological polar surface area (TPSA) is 52.0 Å². The van der Waals surface area contributed by atoms with Crippen LogP contribution in [-0.2, 0) is 0 Å². The molecule has 21 heavy (non-hydrogen) atoms. The van der Waals surface area contributed by atoms with Crippen LogP contribution in [0.4, 0.5) is 5.13 Å². The molecule has 0 bridgehead atoms. The van der Waals surface area contributed by atoms with Crippen molar-refractivity contribution < 1.29 is 8.69 Å². The minimum atomic E-state index is 0. The van der Waals surface area contributed by atoms with Crippen LogP contribution in [0.2, 0.25) is 0 Å². The quantitative estimate of drug-likeness (QED) is 0.754. The number of anilines is 1. The Balaban J connectivity index is 0.00000161. The molecule has 0 saturated carbocycles. The first kappa shape index (κ1) is 15.3. The highest BCUT2D eigenvalue weighted by molar-refractivity contribution is 7.05. The molecule has 0 spiro atoms. The lowest BCUT2D eigenvalue weighted by Gasteiger charge is -2.00. The van der Waals surface area contributed by atoms with Gasteiger partial charge in [0.2, 0.25) is 0 Å². The molecular formula is C15H15ClN3OS+. The Morgan fingerprint density at radius 2 is 1.71 bits per heavy atom. The second kappa shape index (κ2) is 6.56. The summed E-state index contributed by atoms with van der Waals surface area (Å²) in [6.07, 6.45) is 0.